The molecule has 2 aromatic rings. The van der Waals surface area contributed by atoms with Crippen LogP contribution in [0.4, 0.5) is 4.79 Å². The fraction of sp³-hybridized carbons (Fsp3) is 0.111. The molecule has 2 aromatic carbocycles. The van der Waals surface area contributed by atoms with Gasteiger partial charge in [-0.15, -0.1) is 0 Å². The van der Waals surface area contributed by atoms with Gasteiger partial charge in [0.25, 0.3) is 0 Å². The fourth-order valence-electron chi connectivity index (χ4n) is 2.67. The Hall–Kier alpha value is -2.88. The Labute approximate surface area is 128 Å². The van der Waals surface area contributed by atoms with Gasteiger partial charge in [-0.2, -0.15) is 0 Å². The van der Waals surface area contributed by atoms with Crippen molar-refractivity contribution >= 4 is 17.5 Å². The van der Waals surface area contributed by atoms with Crippen LogP contribution in [0.25, 0.3) is 5.70 Å². The van der Waals surface area contributed by atoms with Crippen LogP contribution in [0.5, 0.6) is 0 Å². The maximum Gasteiger partial charge on any atom is 0.320 e. The molecule has 2 N–H and O–H groups in total. The van der Waals surface area contributed by atoms with Crippen molar-refractivity contribution in [3.05, 3.63) is 77.4 Å². The molecular weight excluding hydrogens is 276 g/mol. The third-order valence-corrected chi connectivity index (χ3v) is 3.65. The first kappa shape index (κ1) is 14.1. The number of benzene rings is 2. The first-order valence-corrected chi connectivity index (χ1v) is 7.10. The van der Waals surface area contributed by atoms with E-state index in [9.17, 15) is 9.59 Å². The zero-order valence-electron chi connectivity index (χ0n) is 12.2. The number of carbonyl (C=O) groups excluding carboxylic acids is 2. The van der Waals surface area contributed by atoms with Crippen LogP contribution < -0.4 is 10.6 Å². The van der Waals surface area contributed by atoms with Gasteiger partial charge in [-0.05, 0) is 18.1 Å². The van der Waals surface area contributed by atoms with Crippen molar-refractivity contribution in [3.8, 4) is 0 Å². The molecule has 0 radical (unpaired) electrons. The maximum absolute atomic E-state index is 12.2. The first-order chi connectivity index (χ1) is 10.7. The smallest absolute Gasteiger partial charge is 0.320 e. The number of urea groups is 1. The minimum Gasteiger partial charge on any atom is -0.327 e. The number of nitrogens with one attached hydrogen (secondary N) is 2. The molecule has 3 rings (SSSR count). The highest BCUT2D eigenvalue weighted by Gasteiger charge is 2.31. The molecule has 0 saturated carbocycles. The van der Waals surface area contributed by atoms with E-state index in [4.69, 9.17) is 0 Å². The second-order valence-electron chi connectivity index (χ2n) is 5.15. The molecule has 2 amide bonds. The normalized spacial score (nSPS) is 17.7. The summed E-state index contributed by atoms with van der Waals surface area (Å²) < 4.78 is 0. The van der Waals surface area contributed by atoms with Crippen LogP contribution in [0.3, 0.4) is 0 Å². The third-order valence-electron chi connectivity index (χ3n) is 3.65. The second kappa shape index (κ2) is 5.85. The van der Waals surface area contributed by atoms with Gasteiger partial charge in [0.2, 0.25) is 0 Å². The topological polar surface area (TPSA) is 58.2 Å². The van der Waals surface area contributed by atoms with Gasteiger partial charge >= 0.3 is 6.03 Å². The summed E-state index contributed by atoms with van der Waals surface area (Å²) in [6, 6.07) is 18.2. The highest BCUT2D eigenvalue weighted by Crippen LogP contribution is 2.31. The van der Waals surface area contributed by atoms with Crippen LogP contribution in [-0.4, -0.2) is 11.8 Å². The van der Waals surface area contributed by atoms with Crippen molar-refractivity contribution in [2.24, 2.45) is 0 Å². The van der Waals surface area contributed by atoms with E-state index in [-0.39, 0.29) is 11.8 Å². The predicted molar refractivity (Wildman–Crippen MR) is 84.9 cm³/mol. The lowest BCUT2D eigenvalue weighted by Gasteiger charge is -2.29. The summed E-state index contributed by atoms with van der Waals surface area (Å²) in [5.74, 6) is -0.0693. The maximum atomic E-state index is 12.2. The van der Waals surface area contributed by atoms with Gasteiger partial charge in [0.05, 0.1) is 11.7 Å². The van der Waals surface area contributed by atoms with Crippen LogP contribution in [-0.2, 0) is 4.79 Å². The Morgan fingerprint density at radius 3 is 2.14 bits per heavy atom. The SMILES string of the molecule is CC(=O)C1=C(c2ccccc2)NC(=O)N[C@@H]1c1ccccc1. The van der Waals surface area contributed by atoms with Crippen molar-refractivity contribution < 1.29 is 9.59 Å². The molecule has 0 aromatic heterocycles. The average Bonchev–Trinajstić information content (AvgIpc) is 2.55. The molecule has 0 fully saturated rings. The second-order valence-corrected chi connectivity index (χ2v) is 5.15. The highest BCUT2D eigenvalue weighted by atomic mass is 16.2. The molecule has 1 atom stereocenters. The molecule has 0 aliphatic carbocycles. The third kappa shape index (κ3) is 2.63. The Bertz CT molecular complexity index is 736. The van der Waals surface area contributed by atoms with Gasteiger partial charge in [0.1, 0.15) is 0 Å². The molecule has 1 aliphatic heterocycles. The molecule has 0 unspecified atom stereocenters. The van der Waals surface area contributed by atoms with Crippen LogP contribution in [0.1, 0.15) is 24.1 Å². The van der Waals surface area contributed by atoms with Gasteiger partial charge in [-0.3, -0.25) is 4.79 Å². The van der Waals surface area contributed by atoms with Gasteiger partial charge in [0, 0.05) is 5.57 Å². The minimum atomic E-state index is -0.442. The number of ketones is 1. The van der Waals surface area contributed by atoms with E-state index in [1.165, 1.54) is 6.92 Å². The summed E-state index contributed by atoms with van der Waals surface area (Å²) in [5, 5.41) is 5.61. The fourth-order valence-corrected chi connectivity index (χ4v) is 2.67. The Kier molecular flexibility index (Phi) is 3.74. The molecule has 0 spiro atoms. The van der Waals surface area contributed by atoms with E-state index in [0.29, 0.717) is 11.3 Å². The summed E-state index contributed by atoms with van der Waals surface area (Å²) in [5.41, 5.74) is 2.85. The van der Waals surface area contributed by atoms with E-state index in [2.05, 4.69) is 10.6 Å². The molecule has 4 nitrogen and oxygen atoms in total. The van der Waals surface area contributed by atoms with Gasteiger partial charge < -0.3 is 10.6 Å². The quantitative estimate of drug-likeness (QED) is 0.913. The van der Waals surface area contributed by atoms with Crippen molar-refractivity contribution in [2.45, 2.75) is 13.0 Å². The minimum absolute atomic E-state index is 0.0693. The lowest BCUT2D eigenvalue weighted by atomic mass is 9.90. The predicted octanol–water partition coefficient (Wildman–Crippen LogP) is 3.04. The largest absolute Gasteiger partial charge is 0.327 e. The van der Waals surface area contributed by atoms with Crippen molar-refractivity contribution in [2.75, 3.05) is 0 Å². The molecule has 22 heavy (non-hydrogen) atoms. The van der Waals surface area contributed by atoms with E-state index in [1.807, 2.05) is 60.7 Å². The summed E-state index contributed by atoms with van der Waals surface area (Å²) in [7, 11) is 0. The van der Waals surface area contributed by atoms with Crippen molar-refractivity contribution in [1.29, 1.82) is 0 Å². The van der Waals surface area contributed by atoms with E-state index >= 15 is 0 Å². The summed E-state index contributed by atoms with van der Waals surface area (Å²) >= 11 is 0. The first-order valence-electron chi connectivity index (χ1n) is 7.10. The number of amides is 2. The zero-order valence-corrected chi connectivity index (χ0v) is 12.2. The molecule has 0 saturated heterocycles. The lowest BCUT2D eigenvalue weighted by molar-refractivity contribution is -0.113. The van der Waals surface area contributed by atoms with Crippen LogP contribution in [0, 0.1) is 0 Å². The molecular formula is C18H16N2O2. The molecule has 1 heterocycles. The molecule has 4 heteroatoms. The number of rotatable bonds is 3. The summed E-state index contributed by atoms with van der Waals surface area (Å²) in [6.07, 6.45) is 0. The molecule has 0 bridgehead atoms. The highest BCUT2D eigenvalue weighted by molar-refractivity contribution is 6.06. The molecule has 110 valence electrons. The average molecular weight is 292 g/mol. The van der Waals surface area contributed by atoms with Crippen molar-refractivity contribution in [1.82, 2.24) is 10.6 Å². The zero-order chi connectivity index (χ0) is 15.5. The number of carbonyl (C=O) groups is 2. The van der Waals surface area contributed by atoms with Gasteiger partial charge in [-0.25, -0.2) is 4.79 Å². The number of Topliss-reactive ketones (excluding diaryl/α,β-unsaturated/α-hetero) is 1. The lowest BCUT2D eigenvalue weighted by Crippen LogP contribution is -2.44. The number of hydrogen-bond acceptors (Lipinski definition) is 2. The monoisotopic (exact) mass is 292 g/mol. The van der Waals surface area contributed by atoms with Crippen LogP contribution >= 0.6 is 0 Å². The number of hydrogen-bond donors (Lipinski definition) is 2. The van der Waals surface area contributed by atoms with Gasteiger partial charge in [0.15, 0.2) is 5.78 Å². The standard InChI is InChI=1S/C18H16N2O2/c1-12(21)15-16(13-8-4-2-5-9-13)19-18(22)20-17(15)14-10-6-3-7-11-14/h2-11,16H,1H3,(H2,19,20,22)/t16-/m1/s1. The van der Waals surface area contributed by atoms with E-state index in [0.717, 1.165) is 11.1 Å². The summed E-state index contributed by atoms with van der Waals surface area (Å²) in [4.78, 5) is 24.3. The van der Waals surface area contributed by atoms with Crippen molar-refractivity contribution in [3.63, 3.8) is 0 Å². The Balaban J connectivity index is 2.18. The van der Waals surface area contributed by atoms with Crippen LogP contribution in [0.15, 0.2) is 66.2 Å². The molecule has 1 aliphatic rings. The van der Waals surface area contributed by atoms with E-state index in [1.54, 1.807) is 0 Å². The Morgan fingerprint density at radius 1 is 0.955 bits per heavy atom. The summed E-state index contributed by atoms with van der Waals surface area (Å²) in [6.45, 7) is 1.52. The van der Waals surface area contributed by atoms with Gasteiger partial charge in [-0.1, -0.05) is 60.7 Å². The van der Waals surface area contributed by atoms with Crippen LogP contribution in [0.2, 0.25) is 0 Å². The Morgan fingerprint density at radius 2 is 1.55 bits per heavy atom. The van der Waals surface area contributed by atoms with E-state index < -0.39 is 6.04 Å².